The van der Waals surface area contributed by atoms with Gasteiger partial charge in [0, 0.05) is 5.56 Å². The van der Waals surface area contributed by atoms with Gasteiger partial charge in [0.25, 0.3) is 0 Å². The number of fused-ring (bicyclic) bond motifs is 1. The van der Waals surface area contributed by atoms with E-state index in [-0.39, 0.29) is 0 Å². The average molecular weight is 315 g/mol. The fourth-order valence-corrected chi connectivity index (χ4v) is 3.25. The predicted octanol–water partition coefficient (Wildman–Crippen LogP) is 6.38. The third-order valence-electron chi connectivity index (χ3n) is 3.45. The molecule has 0 unspecified atom stereocenters. The Balaban J connectivity index is 1.59. The van der Waals surface area contributed by atoms with Crippen molar-refractivity contribution in [1.82, 2.24) is 4.98 Å². The van der Waals surface area contributed by atoms with E-state index >= 15 is 0 Å². The Hall–Kier alpha value is -2.85. The lowest BCUT2D eigenvalue weighted by atomic mass is 10.2. The van der Waals surface area contributed by atoms with Gasteiger partial charge in [-0.1, -0.05) is 30.3 Å². The summed E-state index contributed by atoms with van der Waals surface area (Å²) in [7, 11) is 0. The number of azo groups is 1. The molecule has 0 spiro atoms. The van der Waals surface area contributed by atoms with E-state index in [4.69, 9.17) is 0 Å². The van der Waals surface area contributed by atoms with Crippen molar-refractivity contribution < 1.29 is 0 Å². The average Bonchev–Trinajstić information content (AvgIpc) is 3.05. The van der Waals surface area contributed by atoms with Crippen LogP contribution in [0.25, 0.3) is 20.8 Å². The minimum absolute atomic E-state index is 0.832. The normalized spacial score (nSPS) is 11.3. The van der Waals surface area contributed by atoms with Gasteiger partial charge in [-0.15, -0.1) is 11.3 Å². The molecule has 0 saturated heterocycles. The summed E-state index contributed by atoms with van der Waals surface area (Å²) in [6.07, 6.45) is 0. The fraction of sp³-hybridized carbons (Fsp3) is 0. The number of thiazole rings is 1. The van der Waals surface area contributed by atoms with Crippen LogP contribution in [0.1, 0.15) is 0 Å². The molecule has 3 aromatic carbocycles. The molecule has 1 heterocycles. The van der Waals surface area contributed by atoms with Crippen LogP contribution in [-0.4, -0.2) is 4.98 Å². The van der Waals surface area contributed by atoms with Crippen LogP contribution in [0.3, 0.4) is 0 Å². The molecule has 3 nitrogen and oxygen atoms in total. The maximum absolute atomic E-state index is 4.67. The summed E-state index contributed by atoms with van der Waals surface area (Å²) in [5.74, 6) is 0. The first-order valence-corrected chi connectivity index (χ1v) is 8.13. The van der Waals surface area contributed by atoms with Crippen molar-refractivity contribution in [3.8, 4) is 10.6 Å². The van der Waals surface area contributed by atoms with Gasteiger partial charge in [-0.3, -0.25) is 0 Å². The lowest BCUT2D eigenvalue weighted by Gasteiger charge is -1.97. The Kier molecular flexibility index (Phi) is 3.66. The van der Waals surface area contributed by atoms with Crippen molar-refractivity contribution in [1.29, 1.82) is 0 Å². The van der Waals surface area contributed by atoms with E-state index in [0.717, 1.165) is 27.5 Å². The molecule has 0 aliphatic rings. The first-order chi connectivity index (χ1) is 11.4. The SMILES string of the molecule is c1ccc(/N=N/c2ccc(-c3nc4ccccc4s3)cc2)cc1. The van der Waals surface area contributed by atoms with Gasteiger partial charge in [-0.25, -0.2) is 4.98 Å². The molecule has 0 radical (unpaired) electrons. The molecule has 4 rings (SSSR count). The number of hydrogen-bond donors (Lipinski definition) is 0. The van der Waals surface area contributed by atoms with Crippen LogP contribution in [0.4, 0.5) is 11.4 Å². The van der Waals surface area contributed by atoms with Gasteiger partial charge < -0.3 is 0 Å². The van der Waals surface area contributed by atoms with E-state index < -0.39 is 0 Å². The van der Waals surface area contributed by atoms with Crippen LogP contribution in [0.2, 0.25) is 0 Å². The van der Waals surface area contributed by atoms with Crippen molar-refractivity contribution in [2.45, 2.75) is 0 Å². The second-order valence-corrected chi connectivity index (χ2v) is 6.10. The first-order valence-electron chi connectivity index (χ1n) is 7.31. The second-order valence-electron chi connectivity index (χ2n) is 5.07. The largest absolute Gasteiger partial charge is 0.236 e. The van der Waals surface area contributed by atoms with Crippen LogP contribution in [0, 0.1) is 0 Å². The molecule has 0 amide bonds. The third kappa shape index (κ3) is 3.03. The molecule has 0 aliphatic heterocycles. The van der Waals surface area contributed by atoms with E-state index in [1.807, 2.05) is 72.8 Å². The lowest BCUT2D eigenvalue weighted by molar-refractivity contribution is 1.23. The smallest absolute Gasteiger partial charge is 0.124 e. The predicted molar refractivity (Wildman–Crippen MR) is 95.7 cm³/mol. The van der Waals surface area contributed by atoms with Crippen molar-refractivity contribution in [3.05, 3.63) is 78.9 Å². The molecule has 0 bridgehead atoms. The van der Waals surface area contributed by atoms with Crippen molar-refractivity contribution >= 4 is 32.9 Å². The topological polar surface area (TPSA) is 37.6 Å². The van der Waals surface area contributed by atoms with Gasteiger partial charge in [0.1, 0.15) is 5.01 Å². The molecule has 0 saturated carbocycles. The maximum Gasteiger partial charge on any atom is 0.124 e. The van der Waals surface area contributed by atoms with Crippen LogP contribution in [-0.2, 0) is 0 Å². The highest BCUT2D eigenvalue weighted by Gasteiger charge is 2.05. The van der Waals surface area contributed by atoms with Gasteiger partial charge in [0.2, 0.25) is 0 Å². The molecule has 23 heavy (non-hydrogen) atoms. The van der Waals surface area contributed by atoms with Crippen LogP contribution >= 0.6 is 11.3 Å². The molecule has 110 valence electrons. The van der Waals surface area contributed by atoms with E-state index in [1.54, 1.807) is 11.3 Å². The van der Waals surface area contributed by atoms with Crippen molar-refractivity contribution in [3.63, 3.8) is 0 Å². The molecule has 0 aliphatic carbocycles. The number of para-hydroxylation sites is 1. The summed E-state index contributed by atoms with van der Waals surface area (Å²) in [6, 6.07) is 25.9. The zero-order chi connectivity index (χ0) is 15.5. The first kappa shape index (κ1) is 13.8. The van der Waals surface area contributed by atoms with E-state index in [0.29, 0.717) is 0 Å². The number of aromatic nitrogens is 1. The van der Waals surface area contributed by atoms with Gasteiger partial charge in [-0.2, -0.15) is 10.2 Å². The summed E-state index contributed by atoms with van der Waals surface area (Å²) < 4.78 is 1.20. The Morgan fingerprint density at radius 1 is 0.652 bits per heavy atom. The maximum atomic E-state index is 4.67. The zero-order valence-corrected chi connectivity index (χ0v) is 13.1. The molecule has 0 atom stereocenters. The molecular formula is C19H13N3S. The Morgan fingerprint density at radius 2 is 1.30 bits per heavy atom. The molecular weight excluding hydrogens is 302 g/mol. The van der Waals surface area contributed by atoms with Gasteiger partial charge in [-0.05, 0) is 48.5 Å². The molecule has 4 heteroatoms. The van der Waals surface area contributed by atoms with Crippen LogP contribution < -0.4 is 0 Å². The van der Waals surface area contributed by atoms with E-state index in [1.165, 1.54) is 4.70 Å². The number of benzene rings is 3. The fourth-order valence-electron chi connectivity index (χ4n) is 2.28. The minimum atomic E-state index is 0.832. The van der Waals surface area contributed by atoms with E-state index in [2.05, 4.69) is 21.3 Å². The molecule has 4 aromatic rings. The second kappa shape index (κ2) is 6.10. The monoisotopic (exact) mass is 315 g/mol. The van der Waals surface area contributed by atoms with Gasteiger partial charge in [0.15, 0.2) is 0 Å². The molecule has 0 fully saturated rings. The molecule has 1 aromatic heterocycles. The summed E-state index contributed by atoms with van der Waals surface area (Å²) in [6.45, 7) is 0. The third-order valence-corrected chi connectivity index (χ3v) is 4.53. The van der Waals surface area contributed by atoms with Gasteiger partial charge in [0.05, 0.1) is 21.6 Å². The quantitative estimate of drug-likeness (QED) is 0.404. The standard InChI is InChI=1S/C19H13N3S/c1-2-6-15(7-3-1)21-22-16-12-10-14(11-13-16)19-20-17-8-4-5-9-18(17)23-19/h1-13H/b22-21+. The summed E-state index contributed by atoms with van der Waals surface area (Å²) in [5, 5.41) is 9.51. The highest BCUT2D eigenvalue weighted by molar-refractivity contribution is 7.21. The number of hydrogen-bond acceptors (Lipinski definition) is 4. The number of rotatable bonds is 3. The lowest BCUT2D eigenvalue weighted by Crippen LogP contribution is -1.74. The Morgan fingerprint density at radius 3 is 2.04 bits per heavy atom. The highest BCUT2D eigenvalue weighted by Crippen LogP contribution is 2.31. The van der Waals surface area contributed by atoms with E-state index in [9.17, 15) is 0 Å². The molecule has 0 N–H and O–H groups in total. The summed E-state index contributed by atoms with van der Waals surface area (Å²) >= 11 is 1.70. The zero-order valence-electron chi connectivity index (χ0n) is 12.3. The Bertz CT molecular complexity index is 924. The Labute approximate surface area is 138 Å². The van der Waals surface area contributed by atoms with Crippen LogP contribution in [0.15, 0.2) is 89.1 Å². The minimum Gasteiger partial charge on any atom is -0.236 e. The summed E-state index contributed by atoms with van der Waals surface area (Å²) in [4.78, 5) is 4.67. The van der Waals surface area contributed by atoms with Crippen molar-refractivity contribution in [2.75, 3.05) is 0 Å². The van der Waals surface area contributed by atoms with Crippen LogP contribution in [0.5, 0.6) is 0 Å². The van der Waals surface area contributed by atoms with Gasteiger partial charge >= 0.3 is 0 Å². The van der Waals surface area contributed by atoms with Crippen molar-refractivity contribution in [2.24, 2.45) is 10.2 Å². The highest BCUT2D eigenvalue weighted by atomic mass is 32.1. The number of nitrogens with zero attached hydrogens (tertiary/aromatic N) is 3. The summed E-state index contributed by atoms with van der Waals surface area (Å²) in [5.41, 5.74) is 3.83.